The molecule has 0 saturated carbocycles. The lowest BCUT2D eigenvalue weighted by Gasteiger charge is -2.19. The van der Waals surface area contributed by atoms with E-state index in [1.807, 2.05) is 61.5 Å². The average Bonchev–Trinajstić information content (AvgIpc) is 3.22. The second-order valence-corrected chi connectivity index (χ2v) is 12.9. The van der Waals surface area contributed by atoms with Gasteiger partial charge in [0.15, 0.2) is 0 Å². The zero-order chi connectivity index (χ0) is 41.2. The van der Waals surface area contributed by atoms with Gasteiger partial charge in [0.25, 0.3) is 0 Å². The molecule has 4 N–H and O–H groups in total. The van der Waals surface area contributed by atoms with Crippen molar-refractivity contribution < 1.29 is 43.2 Å². The Hall–Kier alpha value is -5.84. The van der Waals surface area contributed by atoms with Crippen LogP contribution >= 0.6 is 0 Å². The summed E-state index contributed by atoms with van der Waals surface area (Å²) in [6.45, 7) is 6.21. The highest BCUT2D eigenvalue weighted by molar-refractivity contribution is 6.00. The lowest BCUT2D eigenvalue weighted by molar-refractivity contribution is -0.138. The maximum absolute atomic E-state index is 12.8. The SMILES string of the molecule is Cc1ccnc(NCCCCC(=O)NCC(=O)NC(CC(=O)O)c2ccc(-c3ccc(OCCOCCOCCOCCOCCN=[N+]=[N-])c4ccccc34)cc2)n1. The first-order valence-electron chi connectivity index (χ1n) is 19.2. The molecule has 1 atom stereocenters. The Bertz CT molecular complexity index is 1930. The van der Waals surface area contributed by atoms with E-state index in [0.29, 0.717) is 90.5 Å². The molecule has 17 heteroatoms. The molecule has 1 heterocycles. The number of anilines is 1. The van der Waals surface area contributed by atoms with Crippen molar-refractivity contribution in [3.63, 3.8) is 0 Å². The van der Waals surface area contributed by atoms with E-state index in [0.717, 1.165) is 39.8 Å². The molecule has 0 aliphatic heterocycles. The third-order valence-electron chi connectivity index (χ3n) is 8.58. The number of fused-ring (bicyclic) bond motifs is 1. The lowest BCUT2D eigenvalue weighted by Crippen LogP contribution is -2.39. The van der Waals surface area contributed by atoms with Crippen LogP contribution < -0.4 is 20.7 Å². The van der Waals surface area contributed by atoms with Crippen molar-refractivity contribution >= 4 is 34.5 Å². The van der Waals surface area contributed by atoms with Gasteiger partial charge in [0.05, 0.1) is 71.9 Å². The molecule has 0 aliphatic rings. The summed E-state index contributed by atoms with van der Waals surface area (Å²) in [6.07, 6.45) is 2.93. The number of aromatic nitrogens is 2. The fraction of sp³-hybridized carbons (Fsp3) is 0.439. The number of carbonyl (C=O) groups excluding carboxylic acids is 2. The summed E-state index contributed by atoms with van der Waals surface area (Å²) < 4.78 is 27.9. The summed E-state index contributed by atoms with van der Waals surface area (Å²) in [5.74, 6) is -0.554. The first-order valence-corrected chi connectivity index (χ1v) is 19.2. The summed E-state index contributed by atoms with van der Waals surface area (Å²) in [5, 5.41) is 23.4. The first kappa shape index (κ1) is 44.9. The number of carbonyl (C=O) groups is 3. The zero-order valence-corrected chi connectivity index (χ0v) is 32.8. The van der Waals surface area contributed by atoms with Crippen LogP contribution in [-0.2, 0) is 33.3 Å². The van der Waals surface area contributed by atoms with Crippen molar-refractivity contribution in [2.45, 2.75) is 38.6 Å². The van der Waals surface area contributed by atoms with Crippen LogP contribution in [0.3, 0.4) is 0 Å². The van der Waals surface area contributed by atoms with Gasteiger partial charge in [-0.05, 0) is 59.5 Å². The number of aliphatic carboxylic acids is 1. The highest BCUT2D eigenvalue weighted by Crippen LogP contribution is 2.35. The number of hydrogen-bond donors (Lipinski definition) is 4. The molecule has 0 fully saturated rings. The van der Waals surface area contributed by atoms with Crippen LogP contribution in [0.5, 0.6) is 5.75 Å². The molecule has 0 spiro atoms. The maximum Gasteiger partial charge on any atom is 0.305 e. The number of hydrogen-bond acceptors (Lipinski definition) is 12. The Morgan fingerprint density at radius 1 is 0.810 bits per heavy atom. The molecule has 1 unspecified atom stereocenters. The number of nitrogens with zero attached hydrogens (tertiary/aromatic N) is 5. The minimum absolute atomic E-state index is 0.247. The van der Waals surface area contributed by atoms with Crippen molar-refractivity contribution in [2.24, 2.45) is 5.11 Å². The van der Waals surface area contributed by atoms with Crippen LogP contribution in [0.2, 0.25) is 0 Å². The summed E-state index contributed by atoms with van der Waals surface area (Å²) in [4.78, 5) is 48.0. The van der Waals surface area contributed by atoms with Crippen molar-refractivity contribution in [1.29, 1.82) is 0 Å². The molecule has 0 aliphatic carbocycles. The van der Waals surface area contributed by atoms with E-state index in [1.165, 1.54) is 0 Å². The Morgan fingerprint density at radius 3 is 2.16 bits per heavy atom. The maximum atomic E-state index is 12.8. The number of nitrogens with one attached hydrogen (secondary N) is 3. The fourth-order valence-corrected chi connectivity index (χ4v) is 5.75. The van der Waals surface area contributed by atoms with E-state index in [9.17, 15) is 19.5 Å². The summed E-state index contributed by atoms with van der Waals surface area (Å²) in [6, 6.07) is 20.2. The minimum atomic E-state index is -1.07. The summed E-state index contributed by atoms with van der Waals surface area (Å²) in [5.41, 5.74) is 11.6. The van der Waals surface area contributed by atoms with E-state index >= 15 is 0 Å². The number of rotatable bonds is 29. The number of carboxylic acid groups (broad SMARTS) is 1. The second-order valence-electron chi connectivity index (χ2n) is 12.9. The number of carboxylic acids is 1. The van der Waals surface area contributed by atoms with Gasteiger partial charge in [0.1, 0.15) is 12.4 Å². The number of benzene rings is 3. The number of azide groups is 1. The third-order valence-corrected chi connectivity index (χ3v) is 8.58. The van der Waals surface area contributed by atoms with E-state index in [-0.39, 0.29) is 25.3 Å². The molecular formula is C41H52N8O9. The average molecular weight is 801 g/mol. The molecule has 0 bridgehead atoms. The van der Waals surface area contributed by atoms with Crippen molar-refractivity contribution in [3.8, 4) is 16.9 Å². The molecular weight excluding hydrogens is 748 g/mol. The van der Waals surface area contributed by atoms with Gasteiger partial charge in [-0.2, -0.15) is 0 Å². The van der Waals surface area contributed by atoms with Gasteiger partial charge < -0.3 is 44.7 Å². The van der Waals surface area contributed by atoms with E-state index in [2.05, 4.69) is 35.9 Å². The van der Waals surface area contributed by atoms with Gasteiger partial charge in [-0.15, -0.1) is 0 Å². The molecule has 58 heavy (non-hydrogen) atoms. The zero-order valence-electron chi connectivity index (χ0n) is 32.8. The molecule has 4 rings (SSSR count). The van der Waals surface area contributed by atoms with Crippen LogP contribution in [0.1, 0.15) is 43.0 Å². The van der Waals surface area contributed by atoms with Gasteiger partial charge >= 0.3 is 5.97 Å². The molecule has 0 saturated heterocycles. The van der Waals surface area contributed by atoms with Crippen molar-refractivity contribution in [2.75, 3.05) is 84.4 Å². The van der Waals surface area contributed by atoms with Gasteiger partial charge in [0.2, 0.25) is 17.8 Å². The summed E-state index contributed by atoms with van der Waals surface area (Å²) in [7, 11) is 0. The van der Waals surface area contributed by atoms with E-state index in [1.54, 1.807) is 18.3 Å². The smallest absolute Gasteiger partial charge is 0.305 e. The first-order chi connectivity index (χ1) is 28.3. The molecule has 1 aromatic heterocycles. The van der Waals surface area contributed by atoms with Crippen LogP contribution in [0.4, 0.5) is 5.95 Å². The standard InChI is InChI=1S/C41H52N8O9/c1-30-15-17-44-41(47-30)43-16-5-4-8-38(50)45-29-39(51)48-36(28-40(52)53)32-11-9-31(10-12-32)33-13-14-37(35-7-3-2-6-34(33)35)58-27-26-57-25-24-56-23-22-55-21-20-54-19-18-46-49-42/h2-3,6-7,9-15,17,36H,4-5,8,16,18-29H2,1H3,(H,45,50)(H,48,51)(H,52,53)(H,43,44,47). The second kappa shape index (κ2) is 26.1. The van der Waals surface area contributed by atoms with Gasteiger partial charge in [0, 0.05) is 41.7 Å². The fourth-order valence-electron chi connectivity index (χ4n) is 5.75. The highest BCUT2D eigenvalue weighted by Gasteiger charge is 2.19. The Balaban J connectivity index is 1.18. The molecule has 3 aromatic carbocycles. The molecule has 17 nitrogen and oxygen atoms in total. The number of aryl methyl sites for hydroxylation is 1. The minimum Gasteiger partial charge on any atom is -0.491 e. The molecule has 310 valence electrons. The van der Waals surface area contributed by atoms with E-state index < -0.39 is 17.9 Å². The van der Waals surface area contributed by atoms with Gasteiger partial charge in [-0.3, -0.25) is 14.4 Å². The van der Waals surface area contributed by atoms with Crippen LogP contribution in [0, 0.1) is 6.92 Å². The Morgan fingerprint density at radius 2 is 1.48 bits per heavy atom. The lowest BCUT2D eigenvalue weighted by atomic mass is 9.95. The number of unbranched alkanes of at least 4 members (excludes halogenated alkanes) is 1. The Labute approximate surface area is 337 Å². The summed E-state index contributed by atoms with van der Waals surface area (Å²) >= 11 is 0. The van der Waals surface area contributed by atoms with Crippen molar-refractivity contribution in [1.82, 2.24) is 20.6 Å². The molecule has 2 amide bonds. The van der Waals surface area contributed by atoms with Gasteiger partial charge in [-0.25, -0.2) is 9.97 Å². The van der Waals surface area contributed by atoms with Gasteiger partial charge in [-0.1, -0.05) is 59.7 Å². The van der Waals surface area contributed by atoms with Crippen LogP contribution in [0.25, 0.3) is 32.3 Å². The topological polar surface area (TPSA) is 228 Å². The van der Waals surface area contributed by atoms with Crippen molar-refractivity contribution in [3.05, 3.63) is 94.6 Å². The monoisotopic (exact) mass is 800 g/mol. The predicted molar refractivity (Wildman–Crippen MR) is 217 cm³/mol. The van der Waals surface area contributed by atoms with E-state index in [4.69, 9.17) is 29.2 Å². The third kappa shape index (κ3) is 16.7. The number of amides is 2. The normalized spacial score (nSPS) is 11.4. The number of ether oxygens (including phenoxy) is 5. The molecule has 4 aromatic rings. The van der Waals surface area contributed by atoms with Crippen LogP contribution in [-0.4, -0.2) is 112 Å². The predicted octanol–water partition coefficient (Wildman–Crippen LogP) is 5.39. The highest BCUT2D eigenvalue weighted by atomic mass is 16.6. The Kier molecular flexibility index (Phi) is 20.2. The largest absolute Gasteiger partial charge is 0.491 e. The molecule has 0 radical (unpaired) electrons. The van der Waals surface area contributed by atoms with Crippen LogP contribution in [0.15, 0.2) is 78.0 Å². The quantitative estimate of drug-likeness (QED) is 0.0235.